The predicted octanol–water partition coefficient (Wildman–Crippen LogP) is 0.159. The fourth-order valence-electron chi connectivity index (χ4n) is 0.403. The minimum Gasteiger partial charge on any atom is -0.469 e. The van der Waals surface area contributed by atoms with Crippen LogP contribution in [0.1, 0.15) is 29.2 Å². The summed E-state index contributed by atoms with van der Waals surface area (Å²) in [6.07, 6.45) is -7.29. The van der Waals surface area contributed by atoms with Crippen LogP contribution in [0.4, 0.5) is 0 Å². The zero-order chi connectivity index (χ0) is 18.0. The van der Waals surface area contributed by atoms with Crippen molar-refractivity contribution in [2.75, 3.05) is 20.0 Å². The topological polar surface area (TPSA) is 38.3 Å². The lowest BCUT2D eigenvalue weighted by Crippen LogP contribution is -2.34. The monoisotopic (exact) mass is 155 g/mol. The van der Waals surface area contributed by atoms with E-state index >= 15 is 0 Å². The van der Waals surface area contributed by atoms with Crippen LogP contribution in [-0.2, 0) is 9.53 Å². The average molecular weight is 155 g/mol. The van der Waals surface area contributed by atoms with Crippen LogP contribution in [0.5, 0.6) is 0 Å². The quantitative estimate of drug-likeness (QED) is 0.548. The molecule has 0 amide bonds. The molecule has 0 aromatic rings. The van der Waals surface area contributed by atoms with Crippen LogP contribution in [0.25, 0.3) is 0 Å². The van der Waals surface area contributed by atoms with Crippen molar-refractivity contribution < 1.29 is 26.0 Å². The number of esters is 1. The molecule has 1 aliphatic rings. The standard InChI is InChI=1S/C7H13NO2/c1-10-7(9)6-3-2-4-8-5-6/h6,8H,2-5H2,1H3/i1D3,2D2,3D2,4D2,5D2,6D. The predicted molar refractivity (Wildman–Crippen MR) is 37.6 cm³/mol. The van der Waals surface area contributed by atoms with Gasteiger partial charge in [0.1, 0.15) is 0 Å². The zero-order valence-electron chi connectivity index (χ0n) is 16.8. The summed E-state index contributed by atoms with van der Waals surface area (Å²) in [6, 6.07) is 0. The van der Waals surface area contributed by atoms with Gasteiger partial charge in [-0.1, -0.05) is 0 Å². The molecule has 1 unspecified atom stereocenters. The third kappa shape index (κ3) is 1.70. The van der Waals surface area contributed by atoms with Crippen molar-refractivity contribution in [2.45, 2.75) is 12.7 Å². The van der Waals surface area contributed by atoms with Gasteiger partial charge in [0.25, 0.3) is 0 Å². The Morgan fingerprint density at radius 1 is 2.10 bits per heavy atom. The van der Waals surface area contributed by atoms with E-state index in [1.165, 1.54) is 5.32 Å². The van der Waals surface area contributed by atoms with E-state index in [9.17, 15) is 4.79 Å². The number of hydrogen-bond donors (Lipinski definition) is 1. The molecule has 1 fully saturated rings. The highest BCUT2D eigenvalue weighted by Crippen LogP contribution is 2.10. The van der Waals surface area contributed by atoms with Crippen molar-refractivity contribution in [3.8, 4) is 0 Å². The van der Waals surface area contributed by atoms with E-state index in [4.69, 9.17) is 16.4 Å². The van der Waals surface area contributed by atoms with Crippen LogP contribution >= 0.6 is 0 Å². The van der Waals surface area contributed by atoms with Crippen LogP contribution in [0, 0.1) is 5.89 Å². The fraction of sp³-hybridized carbons (Fsp3) is 0.857. The molecule has 1 rings (SSSR count). The van der Waals surface area contributed by atoms with Crippen LogP contribution in [0.15, 0.2) is 0 Å². The van der Waals surface area contributed by atoms with Crippen LogP contribution in [-0.4, -0.2) is 26.0 Å². The number of methoxy groups -OCH3 is 1. The average Bonchev–Trinajstić information content (AvgIpc) is 2.21. The van der Waals surface area contributed by atoms with E-state index in [-0.39, 0.29) is 0 Å². The number of carbonyl (C=O) groups excluding carboxylic acids is 1. The summed E-state index contributed by atoms with van der Waals surface area (Å²) in [6.45, 7) is -6.72. The molecule has 1 N–H and O–H groups in total. The summed E-state index contributed by atoms with van der Waals surface area (Å²) < 4.78 is 92.2. The first-order valence-corrected chi connectivity index (χ1v) is 2.36. The molecule has 1 saturated heterocycles. The molecule has 1 atom stereocenters. The zero-order valence-corrected chi connectivity index (χ0v) is 4.82. The van der Waals surface area contributed by atoms with E-state index in [2.05, 4.69) is 4.74 Å². The summed E-state index contributed by atoms with van der Waals surface area (Å²) in [4.78, 5) is 11.9. The number of piperidine rings is 1. The van der Waals surface area contributed by atoms with E-state index in [1.807, 2.05) is 0 Å². The van der Waals surface area contributed by atoms with Gasteiger partial charge < -0.3 is 10.1 Å². The maximum Gasteiger partial charge on any atom is 0.309 e. The Hall–Kier alpha value is -0.570. The molecule has 0 bridgehead atoms. The van der Waals surface area contributed by atoms with Gasteiger partial charge in [-0.2, -0.15) is 0 Å². The summed E-state index contributed by atoms with van der Waals surface area (Å²) in [5, 5.41) is 1.41. The fourth-order valence-corrected chi connectivity index (χ4v) is 0.403. The second-order valence-electron chi connectivity index (χ2n) is 1.39. The molecule has 1 aliphatic heterocycles. The third-order valence-corrected chi connectivity index (χ3v) is 0.797. The van der Waals surface area contributed by atoms with Gasteiger partial charge in [-0.15, -0.1) is 0 Å². The Morgan fingerprint density at radius 3 is 3.80 bits per heavy atom. The minimum absolute atomic E-state index is 1.41. The van der Waals surface area contributed by atoms with Crippen molar-refractivity contribution in [1.82, 2.24) is 5.32 Å². The molecule has 3 nitrogen and oxygen atoms in total. The first-order valence-electron chi connectivity index (χ1n) is 8.36. The van der Waals surface area contributed by atoms with Crippen molar-refractivity contribution in [2.24, 2.45) is 5.89 Å². The van der Waals surface area contributed by atoms with Gasteiger partial charge in [0.15, 0.2) is 0 Å². The van der Waals surface area contributed by atoms with Gasteiger partial charge in [0.05, 0.1) is 17.0 Å². The first kappa shape index (κ1) is 1.46. The van der Waals surface area contributed by atoms with Gasteiger partial charge in [-0.25, -0.2) is 0 Å². The SMILES string of the molecule is [2H]C([2H])([2H])OC(=O)C1([2H])C([2H])([2H])NC([2H])([2H])C([2H])([2H])C1([2H])[2H]. The first-order chi connectivity index (χ1) is 9.33. The van der Waals surface area contributed by atoms with E-state index in [0.29, 0.717) is 0 Å². The van der Waals surface area contributed by atoms with Gasteiger partial charge in [0.2, 0.25) is 0 Å². The lowest BCUT2D eigenvalue weighted by Gasteiger charge is -2.19. The van der Waals surface area contributed by atoms with Crippen molar-refractivity contribution in [3.63, 3.8) is 0 Å². The van der Waals surface area contributed by atoms with Crippen molar-refractivity contribution in [3.05, 3.63) is 0 Å². The normalized spacial score (nSPS) is 72.4. The maximum atomic E-state index is 11.9. The number of rotatable bonds is 1. The largest absolute Gasteiger partial charge is 0.469 e. The molecule has 0 spiro atoms. The molecule has 0 saturated carbocycles. The second kappa shape index (κ2) is 3.56. The Balaban J connectivity index is 3.53. The lowest BCUT2D eigenvalue weighted by atomic mass is 10.0. The summed E-state index contributed by atoms with van der Waals surface area (Å²) >= 11 is 0. The molecule has 0 radical (unpaired) electrons. The van der Waals surface area contributed by atoms with E-state index < -0.39 is 44.6 Å². The Bertz CT molecular complexity index is 484. The third-order valence-electron chi connectivity index (χ3n) is 0.797. The summed E-state index contributed by atoms with van der Waals surface area (Å²) in [7, 11) is -3.40. The van der Waals surface area contributed by atoms with Gasteiger partial charge in [-0.05, 0) is 19.2 Å². The van der Waals surface area contributed by atoms with Crippen molar-refractivity contribution in [1.29, 1.82) is 0 Å². The second-order valence-corrected chi connectivity index (χ2v) is 1.39. The lowest BCUT2D eigenvalue weighted by molar-refractivity contribution is -0.145. The molecular formula is C7H13NO2. The molecule has 10 heavy (non-hydrogen) atoms. The Kier molecular flexibility index (Phi) is 0.520. The molecule has 58 valence electrons. The molecule has 0 aromatic carbocycles. The minimum atomic E-state index is -3.75. The van der Waals surface area contributed by atoms with E-state index in [1.54, 1.807) is 0 Å². The van der Waals surface area contributed by atoms with Crippen LogP contribution in [0.2, 0.25) is 0 Å². The summed E-state index contributed by atoms with van der Waals surface area (Å²) in [5.41, 5.74) is 0. The van der Waals surface area contributed by atoms with Gasteiger partial charge >= 0.3 is 5.97 Å². The molecule has 3 heteroatoms. The Labute approximate surface area is 77.6 Å². The van der Waals surface area contributed by atoms with E-state index in [0.717, 1.165) is 0 Å². The number of nitrogens with one attached hydrogen (secondary N) is 1. The molecule has 0 aromatic heterocycles. The van der Waals surface area contributed by atoms with Crippen molar-refractivity contribution >= 4 is 5.97 Å². The highest BCUT2D eigenvalue weighted by atomic mass is 16.5. The summed E-state index contributed by atoms with van der Waals surface area (Å²) in [5.74, 6) is -5.88. The van der Waals surface area contributed by atoms with Crippen LogP contribution < -0.4 is 5.32 Å². The number of ether oxygens (including phenoxy) is 1. The number of carbonyl (C=O) groups is 1. The van der Waals surface area contributed by atoms with Gasteiger partial charge in [-0.3, -0.25) is 4.79 Å². The molecule has 0 aliphatic carbocycles. The van der Waals surface area contributed by atoms with Gasteiger partial charge in [0, 0.05) is 18.8 Å². The molecular weight excluding hydrogens is 130 g/mol. The Morgan fingerprint density at radius 2 is 3.00 bits per heavy atom. The van der Waals surface area contributed by atoms with Crippen LogP contribution in [0.3, 0.4) is 0 Å². The smallest absolute Gasteiger partial charge is 0.309 e. The highest BCUT2D eigenvalue weighted by Gasteiger charge is 2.20. The maximum absolute atomic E-state index is 11.9. The highest BCUT2D eigenvalue weighted by molar-refractivity contribution is 5.72. The number of hydrogen-bond acceptors (Lipinski definition) is 3. The molecule has 1 heterocycles.